The van der Waals surface area contributed by atoms with Gasteiger partial charge in [-0.1, -0.05) is 23.5 Å². The summed E-state index contributed by atoms with van der Waals surface area (Å²) >= 11 is 1.00. The first-order valence-corrected chi connectivity index (χ1v) is 6.56. The van der Waals surface area contributed by atoms with E-state index >= 15 is 0 Å². The van der Waals surface area contributed by atoms with Gasteiger partial charge >= 0.3 is 12.1 Å². The largest absolute Gasteiger partial charge is 0.477 e. The van der Waals surface area contributed by atoms with Gasteiger partial charge in [0.05, 0.1) is 11.3 Å². The van der Waals surface area contributed by atoms with Crippen molar-refractivity contribution in [2.75, 3.05) is 0 Å². The molecule has 0 aliphatic rings. The van der Waals surface area contributed by atoms with E-state index in [1.54, 1.807) is 10.6 Å². The van der Waals surface area contributed by atoms with Crippen LogP contribution in [0.1, 0.15) is 15.2 Å². The van der Waals surface area contributed by atoms with Crippen molar-refractivity contribution in [3.8, 4) is 11.3 Å². The Balaban J connectivity index is 1.96. The lowest BCUT2D eigenvalue weighted by atomic mass is 10.1. The molecule has 0 bridgehead atoms. The number of hydrogen-bond donors (Lipinski definition) is 1. The van der Waals surface area contributed by atoms with Gasteiger partial charge in [-0.15, -0.1) is 0 Å². The normalized spacial score (nSPS) is 12.0. The second-order valence-electron chi connectivity index (χ2n) is 4.29. The number of halogens is 3. The van der Waals surface area contributed by atoms with E-state index < -0.39 is 17.7 Å². The highest BCUT2D eigenvalue weighted by Gasteiger charge is 2.30. The Morgan fingerprint density at radius 2 is 1.86 bits per heavy atom. The van der Waals surface area contributed by atoms with Gasteiger partial charge in [-0.25, -0.2) is 9.78 Å². The number of benzene rings is 1. The molecule has 0 atom stereocenters. The lowest BCUT2D eigenvalue weighted by Crippen LogP contribution is -2.03. The van der Waals surface area contributed by atoms with Crippen molar-refractivity contribution in [2.45, 2.75) is 6.18 Å². The molecule has 0 fully saturated rings. The quantitative estimate of drug-likeness (QED) is 0.783. The van der Waals surface area contributed by atoms with Crippen molar-refractivity contribution in [1.29, 1.82) is 0 Å². The third kappa shape index (κ3) is 2.49. The maximum atomic E-state index is 12.5. The summed E-state index contributed by atoms with van der Waals surface area (Å²) in [6.07, 6.45) is -1.37. The molecule has 0 amide bonds. The Labute approximate surface area is 120 Å². The third-order valence-electron chi connectivity index (χ3n) is 2.87. The van der Waals surface area contributed by atoms with Crippen LogP contribution < -0.4 is 0 Å². The number of fused-ring (bicyclic) bond motifs is 1. The summed E-state index contributed by atoms with van der Waals surface area (Å²) in [7, 11) is 0. The number of carboxylic acid groups (broad SMARTS) is 1. The van der Waals surface area contributed by atoms with Crippen LogP contribution in [0.15, 0.2) is 36.7 Å². The van der Waals surface area contributed by atoms with E-state index in [9.17, 15) is 18.0 Å². The number of alkyl halides is 3. The number of rotatable bonds is 2. The maximum Gasteiger partial charge on any atom is 0.416 e. The van der Waals surface area contributed by atoms with Gasteiger partial charge < -0.3 is 5.11 Å². The highest BCUT2D eigenvalue weighted by atomic mass is 32.1. The van der Waals surface area contributed by atoms with Crippen molar-refractivity contribution in [1.82, 2.24) is 9.38 Å². The van der Waals surface area contributed by atoms with Crippen LogP contribution >= 0.6 is 11.3 Å². The second kappa shape index (κ2) is 4.59. The predicted molar refractivity (Wildman–Crippen MR) is 70.5 cm³/mol. The van der Waals surface area contributed by atoms with Gasteiger partial charge in [0.1, 0.15) is 4.88 Å². The molecule has 4 nitrogen and oxygen atoms in total. The van der Waals surface area contributed by atoms with E-state index in [1.807, 2.05) is 0 Å². The lowest BCUT2D eigenvalue weighted by Gasteiger charge is -2.06. The van der Waals surface area contributed by atoms with E-state index in [2.05, 4.69) is 4.98 Å². The number of aromatic carboxylic acids is 1. The van der Waals surface area contributed by atoms with Crippen LogP contribution in [0.5, 0.6) is 0 Å². The molecule has 1 aromatic carbocycles. The van der Waals surface area contributed by atoms with Crippen LogP contribution in [0.25, 0.3) is 16.2 Å². The van der Waals surface area contributed by atoms with Crippen molar-refractivity contribution in [3.05, 3.63) is 47.1 Å². The van der Waals surface area contributed by atoms with Gasteiger partial charge in [0.25, 0.3) is 0 Å². The Bertz CT molecular complexity index is 787. The first-order chi connectivity index (χ1) is 9.84. The van der Waals surface area contributed by atoms with Crippen LogP contribution in [0, 0.1) is 0 Å². The summed E-state index contributed by atoms with van der Waals surface area (Å²) in [6, 6.07) is 4.66. The fraction of sp³-hybridized carbons (Fsp3) is 0.0769. The minimum atomic E-state index is -4.37. The summed E-state index contributed by atoms with van der Waals surface area (Å²) in [5, 5.41) is 8.86. The summed E-state index contributed by atoms with van der Waals surface area (Å²) in [5.41, 5.74) is 0.308. The number of thiazole rings is 1. The molecule has 2 aromatic heterocycles. The average molecular weight is 312 g/mol. The molecule has 1 N–H and O–H groups in total. The molecule has 0 aliphatic carbocycles. The van der Waals surface area contributed by atoms with Crippen molar-refractivity contribution < 1.29 is 23.1 Å². The van der Waals surface area contributed by atoms with Crippen molar-refractivity contribution >= 4 is 22.3 Å². The smallest absolute Gasteiger partial charge is 0.416 e. The van der Waals surface area contributed by atoms with E-state index in [0.29, 0.717) is 16.2 Å². The van der Waals surface area contributed by atoms with E-state index in [-0.39, 0.29) is 4.88 Å². The Kier molecular flexibility index (Phi) is 2.98. The van der Waals surface area contributed by atoms with E-state index in [1.165, 1.54) is 18.3 Å². The van der Waals surface area contributed by atoms with E-state index in [0.717, 1.165) is 23.5 Å². The van der Waals surface area contributed by atoms with Gasteiger partial charge in [-0.3, -0.25) is 4.40 Å². The zero-order chi connectivity index (χ0) is 15.2. The van der Waals surface area contributed by atoms with Gasteiger partial charge in [0, 0.05) is 18.0 Å². The molecule has 108 valence electrons. The van der Waals surface area contributed by atoms with Crippen LogP contribution in [0.4, 0.5) is 13.2 Å². The zero-order valence-corrected chi connectivity index (χ0v) is 11.1. The Morgan fingerprint density at radius 1 is 1.19 bits per heavy atom. The number of hydrogen-bond acceptors (Lipinski definition) is 3. The predicted octanol–water partition coefficient (Wildman–Crippen LogP) is 3.78. The molecule has 21 heavy (non-hydrogen) atoms. The molecule has 0 saturated carbocycles. The van der Waals surface area contributed by atoms with Gasteiger partial charge in [0.15, 0.2) is 4.96 Å². The van der Waals surface area contributed by atoms with Gasteiger partial charge in [-0.05, 0) is 12.1 Å². The van der Waals surface area contributed by atoms with Crippen LogP contribution in [0.3, 0.4) is 0 Å². The molecule has 3 aromatic rings. The molecule has 0 unspecified atom stereocenters. The fourth-order valence-electron chi connectivity index (χ4n) is 1.86. The van der Waals surface area contributed by atoms with Crippen LogP contribution in [0.2, 0.25) is 0 Å². The highest BCUT2D eigenvalue weighted by Crippen LogP contribution is 2.31. The van der Waals surface area contributed by atoms with Gasteiger partial charge in [0.2, 0.25) is 0 Å². The number of aromatic nitrogens is 2. The Hall–Kier alpha value is -2.35. The number of carboxylic acids is 1. The minimum absolute atomic E-state index is 0.150. The van der Waals surface area contributed by atoms with Crippen LogP contribution in [-0.2, 0) is 6.18 Å². The summed E-state index contributed by atoms with van der Waals surface area (Å²) in [4.78, 5) is 15.7. The first kappa shape index (κ1) is 13.6. The average Bonchev–Trinajstić information content (AvgIpc) is 2.95. The molecule has 8 heteroatoms. The molecule has 3 rings (SSSR count). The SMILES string of the molecule is O=C(O)c1cn2cc(-c3ccc(C(F)(F)F)cc3)nc2s1. The van der Waals surface area contributed by atoms with Crippen molar-refractivity contribution in [2.24, 2.45) is 0 Å². The Morgan fingerprint density at radius 3 is 2.38 bits per heavy atom. The van der Waals surface area contributed by atoms with E-state index in [4.69, 9.17) is 5.11 Å². The molecular weight excluding hydrogens is 305 g/mol. The third-order valence-corrected chi connectivity index (χ3v) is 3.86. The summed E-state index contributed by atoms with van der Waals surface area (Å²) in [5.74, 6) is -1.04. The number of imidazole rings is 1. The topological polar surface area (TPSA) is 54.6 Å². The maximum absolute atomic E-state index is 12.5. The monoisotopic (exact) mass is 312 g/mol. The zero-order valence-electron chi connectivity index (χ0n) is 10.3. The van der Waals surface area contributed by atoms with Gasteiger partial charge in [-0.2, -0.15) is 13.2 Å². The fourth-order valence-corrected chi connectivity index (χ4v) is 2.67. The summed E-state index contributed by atoms with van der Waals surface area (Å²) < 4.78 is 39.0. The molecule has 0 saturated heterocycles. The van der Waals surface area contributed by atoms with Crippen molar-refractivity contribution in [3.63, 3.8) is 0 Å². The lowest BCUT2D eigenvalue weighted by molar-refractivity contribution is -0.137. The molecular formula is C13H7F3N2O2S. The minimum Gasteiger partial charge on any atom is -0.477 e. The van der Waals surface area contributed by atoms with Crippen LogP contribution in [-0.4, -0.2) is 20.5 Å². The molecule has 0 radical (unpaired) electrons. The first-order valence-electron chi connectivity index (χ1n) is 5.74. The number of carbonyl (C=O) groups is 1. The highest BCUT2D eigenvalue weighted by molar-refractivity contribution is 7.18. The standard InChI is InChI=1S/C13H7F3N2O2S/c14-13(15,16)8-3-1-7(2-4-8)9-5-18-6-10(11(19)20)21-12(18)17-9/h1-6H,(H,19,20). The second-order valence-corrected chi connectivity index (χ2v) is 5.30. The molecule has 0 spiro atoms. The summed E-state index contributed by atoms with van der Waals surface area (Å²) in [6.45, 7) is 0. The molecule has 2 heterocycles. The molecule has 0 aliphatic heterocycles. The number of nitrogens with zero attached hydrogens (tertiary/aromatic N) is 2.